The van der Waals surface area contributed by atoms with Crippen LogP contribution in [0.4, 0.5) is 0 Å². The molecule has 0 saturated heterocycles. The summed E-state index contributed by atoms with van der Waals surface area (Å²) < 4.78 is 4.77. The Hall–Kier alpha value is -3.10. The first-order valence-corrected chi connectivity index (χ1v) is 8.24. The van der Waals surface area contributed by atoms with E-state index in [1.54, 1.807) is 12.1 Å². The zero-order valence-electron chi connectivity index (χ0n) is 15.4. The number of benzene rings is 1. The number of phenolic OH excluding ortho intramolecular Hbond substituents is 1. The van der Waals surface area contributed by atoms with Crippen molar-refractivity contribution in [3.05, 3.63) is 29.8 Å². The van der Waals surface area contributed by atoms with Gasteiger partial charge < -0.3 is 25.6 Å². The standard InChI is InChI=1S/C18H24N2O7/c1-11(21)19-14(16(24)25)8-9-15(23)20-18(2,17(26)27-3)10-12-4-6-13(22)7-5-12/h4-7,14,22H,8-10H2,1-3H3,(H,19,21)(H,20,23)(H,24,25)/t14?,18-/m0/s1. The summed E-state index contributed by atoms with van der Waals surface area (Å²) in [6, 6.07) is 4.94. The topological polar surface area (TPSA) is 142 Å². The van der Waals surface area contributed by atoms with E-state index in [1.165, 1.54) is 33.1 Å². The number of amides is 2. The first-order chi connectivity index (χ1) is 12.6. The lowest BCUT2D eigenvalue weighted by molar-refractivity contribution is -0.150. The van der Waals surface area contributed by atoms with Crippen LogP contribution < -0.4 is 10.6 Å². The molecule has 1 rings (SSSR count). The van der Waals surface area contributed by atoms with Gasteiger partial charge in [-0.25, -0.2) is 9.59 Å². The van der Waals surface area contributed by atoms with Gasteiger partial charge in [0.05, 0.1) is 7.11 Å². The number of phenols is 1. The number of esters is 1. The lowest BCUT2D eigenvalue weighted by Crippen LogP contribution is -2.54. The Kier molecular flexibility index (Phi) is 7.77. The Morgan fingerprint density at radius 2 is 1.78 bits per heavy atom. The van der Waals surface area contributed by atoms with Crippen LogP contribution in [0.5, 0.6) is 5.75 Å². The van der Waals surface area contributed by atoms with Crippen molar-refractivity contribution in [1.82, 2.24) is 10.6 Å². The second kappa shape index (κ2) is 9.56. The summed E-state index contributed by atoms with van der Waals surface area (Å²) in [7, 11) is 1.20. The highest BCUT2D eigenvalue weighted by atomic mass is 16.5. The van der Waals surface area contributed by atoms with Gasteiger partial charge >= 0.3 is 11.9 Å². The Morgan fingerprint density at radius 3 is 2.26 bits per heavy atom. The van der Waals surface area contributed by atoms with Crippen molar-refractivity contribution >= 4 is 23.8 Å². The number of ether oxygens (including phenoxy) is 1. The van der Waals surface area contributed by atoms with E-state index in [9.17, 15) is 24.3 Å². The summed E-state index contributed by atoms with van der Waals surface area (Å²) in [6.45, 7) is 2.67. The molecule has 1 aromatic rings. The Balaban J connectivity index is 2.81. The van der Waals surface area contributed by atoms with Gasteiger partial charge in [-0.1, -0.05) is 12.1 Å². The number of rotatable bonds is 9. The van der Waals surface area contributed by atoms with Crippen LogP contribution >= 0.6 is 0 Å². The molecule has 0 spiro atoms. The molecule has 0 saturated carbocycles. The highest BCUT2D eigenvalue weighted by molar-refractivity contribution is 5.88. The first kappa shape index (κ1) is 21.9. The lowest BCUT2D eigenvalue weighted by Gasteiger charge is -2.28. The zero-order chi connectivity index (χ0) is 20.6. The van der Waals surface area contributed by atoms with Crippen LogP contribution in [-0.4, -0.2) is 52.7 Å². The number of hydrogen-bond donors (Lipinski definition) is 4. The monoisotopic (exact) mass is 380 g/mol. The predicted molar refractivity (Wildman–Crippen MR) is 94.8 cm³/mol. The van der Waals surface area contributed by atoms with E-state index in [2.05, 4.69) is 10.6 Å². The van der Waals surface area contributed by atoms with Crippen LogP contribution in [-0.2, 0) is 30.3 Å². The van der Waals surface area contributed by atoms with Crippen LogP contribution in [0.15, 0.2) is 24.3 Å². The smallest absolute Gasteiger partial charge is 0.331 e. The van der Waals surface area contributed by atoms with Gasteiger partial charge in [-0.05, 0) is 31.0 Å². The van der Waals surface area contributed by atoms with Crippen LogP contribution in [0.1, 0.15) is 32.3 Å². The molecular weight excluding hydrogens is 356 g/mol. The van der Waals surface area contributed by atoms with Crippen LogP contribution in [0.25, 0.3) is 0 Å². The Morgan fingerprint density at radius 1 is 1.19 bits per heavy atom. The molecule has 1 aromatic carbocycles. The summed E-state index contributed by atoms with van der Waals surface area (Å²) in [6.07, 6.45) is -0.226. The highest BCUT2D eigenvalue weighted by Gasteiger charge is 2.36. The molecule has 0 radical (unpaired) electrons. The SMILES string of the molecule is COC(=O)[C@](C)(Cc1ccc(O)cc1)NC(=O)CCC(NC(C)=O)C(=O)O. The third-order valence-corrected chi connectivity index (χ3v) is 3.88. The van der Waals surface area contributed by atoms with E-state index in [-0.39, 0.29) is 25.0 Å². The normalized spacial score (nSPS) is 13.7. The molecule has 0 fully saturated rings. The lowest BCUT2D eigenvalue weighted by atomic mass is 9.92. The van der Waals surface area contributed by atoms with E-state index in [1.807, 2.05) is 0 Å². The van der Waals surface area contributed by atoms with Gasteiger partial charge in [-0.15, -0.1) is 0 Å². The first-order valence-electron chi connectivity index (χ1n) is 8.24. The average molecular weight is 380 g/mol. The quantitative estimate of drug-likeness (QED) is 0.453. The predicted octanol–water partition coefficient (Wildman–Crippen LogP) is 0.352. The summed E-state index contributed by atoms with van der Waals surface area (Å²) in [5, 5.41) is 23.2. The van der Waals surface area contributed by atoms with Crippen LogP contribution in [0, 0.1) is 0 Å². The number of hydrogen-bond acceptors (Lipinski definition) is 6. The second-order valence-electron chi connectivity index (χ2n) is 6.35. The van der Waals surface area contributed by atoms with Gasteiger partial charge in [0.25, 0.3) is 0 Å². The molecule has 0 bridgehead atoms. The van der Waals surface area contributed by atoms with Gasteiger partial charge in [0.2, 0.25) is 11.8 Å². The number of nitrogens with one attached hydrogen (secondary N) is 2. The van der Waals surface area contributed by atoms with E-state index in [0.29, 0.717) is 5.56 Å². The minimum absolute atomic E-state index is 0.0697. The fraction of sp³-hybridized carbons (Fsp3) is 0.444. The molecule has 9 heteroatoms. The van der Waals surface area contributed by atoms with Crippen molar-refractivity contribution in [2.24, 2.45) is 0 Å². The molecule has 2 amide bonds. The molecule has 0 aliphatic rings. The summed E-state index contributed by atoms with van der Waals surface area (Å²) in [4.78, 5) is 46.6. The minimum atomic E-state index is -1.38. The Labute approximate surface area is 156 Å². The van der Waals surface area contributed by atoms with Crippen LogP contribution in [0.3, 0.4) is 0 Å². The third-order valence-electron chi connectivity index (χ3n) is 3.88. The van der Waals surface area contributed by atoms with E-state index >= 15 is 0 Å². The third kappa shape index (κ3) is 6.96. The molecule has 27 heavy (non-hydrogen) atoms. The van der Waals surface area contributed by atoms with Crippen molar-refractivity contribution in [3.63, 3.8) is 0 Å². The number of carbonyl (C=O) groups is 4. The van der Waals surface area contributed by atoms with Crippen molar-refractivity contribution in [2.45, 2.75) is 44.7 Å². The number of carbonyl (C=O) groups excluding carboxylic acids is 3. The maximum Gasteiger partial charge on any atom is 0.331 e. The van der Waals surface area contributed by atoms with E-state index < -0.39 is 35.3 Å². The highest BCUT2D eigenvalue weighted by Crippen LogP contribution is 2.18. The minimum Gasteiger partial charge on any atom is -0.508 e. The van der Waals surface area contributed by atoms with Gasteiger partial charge in [0.1, 0.15) is 17.3 Å². The summed E-state index contributed by atoms with van der Waals surface area (Å²) in [5.41, 5.74) is -0.696. The molecule has 1 unspecified atom stereocenters. The largest absolute Gasteiger partial charge is 0.508 e. The average Bonchev–Trinajstić information content (AvgIpc) is 2.59. The zero-order valence-corrected chi connectivity index (χ0v) is 15.4. The molecule has 0 aliphatic carbocycles. The molecule has 0 heterocycles. The van der Waals surface area contributed by atoms with Gasteiger partial charge in [-0.3, -0.25) is 9.59 Å². The molecule has 0 aromatic heterocycles. The Bertz CT molecular complexity index is 702. The maximum absolute atomic E-state index is 12.3. The number of methoxy groups -OCH3 is 1. The fourth-order valence-electron chi connectivity index (χ4n) is 2.56. The number of carboxylic acid groups (broad SMARTS) is 1. The number of carboxylic acids is 1. The van der Waals surface area contributed by atoms with Gasteiger partial charge in [0, 0.05) is 19.8 Å². The van der Waals surface area contributed by atoms with Crippen molar-refractivity contribution in [1.29, 1.82) is 0 Å². The van der Waals surface area contributed by atoms with Crippen molar-refractivity contribution in [2.75, 3.05) is 7.11 Å². The van der Waals surface area contributed by atoms with E-state index in [4.69, 9.17) is 9.84 Å². The molecule has 148 valence electrons. The second-order valence-corrected chi connectivity index (χ2v) is 6.35. The number of aliphatic carboxylic acids is 1. The van der Waals surface area contributed by atoms with Gasteiger partial charge in [-0.2, -0.15) is 0 Å². The molecule has 4 N–H and O–H groups in total. The summed E-state index contributed by atoms with van der Waals surface area (Å²) >= 11 is 0. The van der Waals surface area contributed by atoms with E-state index in [0.717, 1.165) is 0 Å². The summed E-state index contributed by atoms with van der Waals surface area (Å²) in [5.74, 6) is -2.92. The van der Waals surface area contributed by atoms with Crippen molar-refractivity contribution < 1.29 is 34.1 Å². The molecule has 0 aliphatic heterocycles. The fourth-order valence-corrected chi connectivity index (χ4v) is 2.56. The number of aromatic hydroxyl groups is 1. The molecule has 9 nitrogen and oxygen atoms in total. The van der Waals surface area contributed by atoms with Gasteiger partial charge in [0.15, 0.2) is 0 Å². The maximum atomic E-state index is 12.3. The molecule has 2 atom stereocenters. The molecular formula is C18H24N2O7. The van der Waals surface area contributed by atoms with Crippen molar-refractivity contribution in [3.8, 4) is 5.75 Å². The van der Waals surface area contributed by atoms with Crippen LogP contribution in [0.2, 0.25) is 0 Å².